The van der Waals surface area contributed by atoms with Crippen molar-refractivity contribution in [2.75, 3.05) is 57.9 Å². The van der Waals surface area contributed by atoms with Gasteiger partial charge in [-0.05, 0) is 34.8 Å². The minimum Gasteiger partial charge on any atom is -0.493 e. The minimum absolute atomic E-state index is 0.0567. The highest BCUT2D eigenvalue weighted by atomic mass is 32.2. The molecule has 1 heterocycles. The summed E-state index contributed by atoms with van der Waals surface area (Å²) in [5, 5.41) is 0. The molecule has 1 aliphatic heterocycles. The molecule has 0 N–H and O–H groups in total. The van der Waals surface area contributed by atoms with Crippen molar-refractivity contribution in [3.05, 3.63) is 59.7 Å². The highest BCUT2D eigenvalue weighted by Crippen LogP contribution is 2.42. The highest BCUT2D eigenvalue weighted by Gasteiger charge is 2.27. The van der Waals surface area contributed by atoms with Crippen molar-refractivity contribution in [2.45, 2.75) is 24.2 Å². The van der Waals surface area contributed by atoms with Crippen molar-refractivity contribution >= 4 is 33.5 Å². The van der Waals surface area contributed by atoms with E-state index >= 15 is 0 Å². The number of hydrogen-bond donors (Lipinski definition) is 0. The molecule has 1 fully saturated rings. The average Bonchev–Trinajstić information content (AvgIpc) is 2.85. The molecule has 0 atom stereocenters. The average molecular weight is 525 g/mol. The summed E-state index contributed by atoms with van der Waals surface area (Å²) in [7, 11) is -1.62. The van der Waals surface area contributed by atoms with Gasteiger partial charge in [-0.2, -0.15) is 4.31 Å². The summed E-state index contributed by atoms with van der Waals surface area (Å²) in [5.41, 5.74) is 2.07. The summed E-state index contributed by atoms with van der Waals surface area (Å²) >= 11 is 3.86. The Morgan fingerprint density at radius 1 is 0.941 bits per heavy atom. The van der Waals surface area contributed by atoms with Gasteiger partial charge in [-0.15, -0.1) is 23.5 Å². The zero-order valence-corrected chi connectivity index (χ0v) is 22.8. The molecule has 1 saturated heterocycles. The van der Waals surface area contributed by atoms with E-state index in [0.29, 0.717) is 37.4 Å². The third-order valence-corrected chi connectivity index (χ3v) is 10.2. The number of rotatable bonds is 13. The second kappa shape index (κ2) is 13.6. The van der Waals surface area contributed by atoms with Crippen LogP contribution in [0.25, 0.3) is 0 Å². The Bertz CT molecular complexity index is 975. The lowest BCUT2D eigenvalue weighted by atomic mass is 10.2. The van der Waals surface area contributed by atoms with E-state index < -0.39 is 10.0 Å². The van der Waals surface area contributed by atoms with Gasteiger partial charge in [0.1, 0.15) is 6.61 Å². The molecule has 9 heteroatoms. The van der Waals surface area contributed by atoms with E-state index in [-0.39, 0.29) is 5.75 Å². The highest BCUT2D eigenvalue weighted by molar-refractivity contribution is 8.16. The fourth-order valence-corrected chi connectivity index (χ4v) is 7.89. The van der Waals surface area contributed by atoms with Gasteiger partial charge in [-0.1, -0.05) is 50.2 Å². The normalized spacial score (nSPS) is 15.5. The van der Waals surface area contributed by atoms with Crippen LogP contribution in [0.3, 0.4) is 0 Å². The third-order valence-electron chi connectivity index (χ3n) is 5.68. The molecule has 0 aromatic heterocycles. The first-order valence-electron chi connectivity index (χ1n) is 11.7. The monoisotopic (exact) mass is 524 g/mol. The van der Waals surface area contributed by atoms with E-state index in [2.05, 4.69) is 30.9 Å². The van der Waals surface area contributed by atoms with Gasteiger partial charge in [-0.25, -0.2) is 8.42 Å². The van der Waals surface area contributed by atoms with E-state index in [1.807, 2.05) is 59.9 Å². The molecule has 0 spiro atoms. The second-order valence-corrected chi connectivity index (χ2v) is 13.0. The largest absolute Gasteiger partial charge is 0.493 e. The number of sulfonamides is 1. The number of piperazine rings is 1. The van der Waals surface area contributed by atoms with Crippen LogP contribution in [0.2, 0.25) is 0 Å². The summed E-state index contributed by atoms with van der Waals surface area (Å²) in [6, 6.07) is 15.6. The molecule has 2 aromatic rings. The van der Waals surface area contributed by atoms with Gasteiger partial charge in [0.05, 0.1) is 17.4 Å². The Labute approximate surface area is 213 Å². The molecule has 3 rings (SSSR count). The van der Waals surface area contributed by atoms with Crippen molar-refractivity contribution in [2.24, 2.45) is 0 Å². The SMILES string of the molecule is CCSC(SCC)c1ccc(OCCN2CCN(S(=O)(=O)Cc3ccccc3)CC2)c(OC)c1. The molecule has 0 aliphatic carbocycles. The fraction of sp³-hybridized carbons (Fsp3) is 0.520. The number of thioether (sulfide) groups is 2. The van der Waals surface area contributed by atoms with Crippen LogP contribution in [0.5, 0.6) is 11.5 Å². The summed E-state index contributed by atoms with van der Waals surface area (Å²) in [5.74, 6) is 3.70. The number of benzene rings is 2. The van der Waals surface area contributed by atoms with Crippen molar-refractivity contribution in [1.29, 1.82) is 0 Å². The molecular weight excluding hydrogens is 488 g/mol. The Hall–Kier alpha value is -1.39. The maximum Gasteiger partial charge on any atom is 0.218 e. The quantitative estimate of drug-likeness (QED) is 0.351. The van der Waals surface area contributed by atoms with Crippen molar-refractivity contribution in [1.82, 2.24) is 9.21 Å². The third kappa shape index (κ3) is 7.81. The molecule has 188 valence electrons. The first kappa shape index (κ1) is 27.2. The number of nitrogens with zero attached hydrogens (tertiary/aromatic N) is 2. The number of methoxy groups -OCH3 is 1. The van der Waals surface area contributed by atoms with Crippen LogP contribution >= 0.6 is 23.5 Å². The van der Waals surface area contributed by atoms with Gasteiger partial charge in [0.15, 0.2) is 11.5 Å². The lowest BCUT2D eigenvalue weighted by Gasteiger charge is -2.33. The molecule has 0 amide bonds. The Morgan fingerprint density at radius 3 is 2.24 bits per heavy atom. The molecule has 2 aromatic carbocycles. The van der Waals surface area contributed by atoms with Crippen molar-refractivity contribution in [3.63, 3.8) is 0 Å². The van der Waals surface area contributed by atoms with Gasteiger partial charge in [0.25, 0.3) is 0 Å². The van der Waals surface area contributed by atoms with E-state index in [9.17, 15) is 8.42 Å². The van der Waals surface area contributed by atoms with Crippen molar-refractivity contribution < 1.29 is 17.9 Å². The van der Waals surface area contributed by atoms with Crippen LogP contribution in [0, 0.1) is 0 Å². The number of ether oxygens (including phenoxy) is 2. The number of hydrogen-bond acceptors (Lipinski definition) is 7. The van der Waals surface area contributed by atoms with E-state index in [0.717, 1.165) is 35.1 Å². The molecule has 0 unspecified atom stereocenters. The zero-order chi connectivity index (χ0) is 24.4. The van der Waals surface area contributed by atoms with Gasteiger partial charge in [0, 0.05) is 32.7 Å². The predicted octanol–water partition coefficient (Wildman–Crippen LogP) is 4.73. The van der Waals surface area contributed by atoms with Crippen LogP contribution in [-0.4, -0.2) is 75.6 Å². The summed E-state index contributed by atoms with van der Waals surface area (Å²) in [6.45, 7) is 8.08. The molecule has 0 bridgehead atoms. The van der Waals surface area contributed by atoms with Crippen LogP contribution in [-0.2, 0) is 15.8 Å². The first-order chi connectivity index (χ1) is 16.5. The minimum atomic E-state index is -3.30. The maximum absolute atomic E-state index is 12.8. The lowest BCUT2D eigenvalue weighted by molar-refractivity contribution is 0.157. The smallest absolute Gasteiger partial charge is 0.218 e. The van der Waals surface area contributed by atoms with E-state index in [1.54, 1.807) is 11.4 Å². The topological polar surface area (TPSA) is 59.1 Å². The fourth-order valence-electron chi connectivity index (χ4n) is 3.89. The zero-order valence-electron chi connectivity index (χ0n) is 20.3. The van der Waals surface area contributed by atoms with Gasteiger partial charge in [0.2, 0.25) is 10.0 Å². The maximum atomic E-state index is 12.8. The predicted molar refractivity (Wildman–Crippen MR) is 145 cm³/mol. The van der Waals surface area contributed by atoms with E-state index in [1.165, 1.54) is 5.56 Å². The van der Waals surface area contributed by atoms with Crippen LogP contribution in [0.15, 0.2) is 48.5 Å². The standard InChI is InChI=1S/C25H36N2O4S3/c1-4-32-25(33-5-2)22-11-12-23(24(19-22)30-3)31-18-17-26-13-15-27(16-14-26)34(28,29)20-21-9-7-6-8-10-21/h6-12,19,25H,4-5,13-18,20H2,1-3H3. The van der Waals surface area contributed by atoms with Crippen LogP contribution < -0.4 is 9.47 Å². The van der Waals surface area contributed by atoms with Crippen LogP contribution in [0.4, 0.5) is 0 Å². The summed E-state index contributed by atoms with van der Waals surface area (Å²) in [4.78, 5) is 2.25. The molecule has 6 nitrogen and oxygen atoms in total. The van der Waals surface area contributed by atoms with Crippen LogP contribution in [0.1, 0.15) is 29.6 Å². The van der Waals surface area contributed by atoms with E-state index in [4.69, 9.17) is 9.47 Å². The van der Waals surface area contributed by atoms with Crippen molar-refractivity contribution in [3.8, 4) is 11.5 Å². The Kier molecular flexibility index (Phi) is 10.9. The van der Waals surface area contributed by atoms with Gasteiger partial charge < -0.3 is 9.47 Å². The molecular formula is C25H36N2O4S3. The molecule has 34 heavy (non-hydrogen) atoms. The Balaban J connectivity index is 1.48. The summed E-state index contributed by atoms with van der Waals surface area (Å²) < 4.78 is 39.2. The molecule has 0 saturated carbocycles. The molecule has 1 aliphatic rings. The van der Waals surface area contributed by atoms with Gasteiger partial charge >= 0.3 is 0 Å². The molecule has 0 radical (unpaired) electrons. The Morgan fingerprint density at radius 2 is 1.62 bits per heavy atom. The second-order valence-electron chi connectivity index (χ2n) is 7.98. The lowest BCUT2D eigenvalue weighted by Crippen LogP contribution is -2.49. The summed E-state index contributed by atoms with van der Waals surface area (Å²) in [6.07, 6.45) is 0. The first-order valence-corrected chi connectivity index (χ1v) is 15.5. The van der Waals surface area contributed by atoms with Gasteiger partial charge in [-0.3, -0.25) is 4.90 Å².